The van der Waals surface area contributed by atoms with Crippen LogP contribution in [0.5, 0.6) is 0 Å². The molecule has 0 unspecified atom stereocenters. The fourth-order valence-electron chi connectivity index (χ4n) is 0.879. The van der Waals surface area contributed by atoms with E-state index in [1.807, 2.05) is 12.2 Å². The van der Waals surface area contributed by atoms with E-state index in [1.54, 1.807) is 0 Å². The molecule has 0 fully saturated rings. The molecule has 1 aliphatic heterocycles. The number of rotatable bonds is 1. The second-order valence-corrected chi connectivity index (χ2v) is 2.71. The molecule has 1 heteroatoms. The summed E-state index contributed by atoms with van der Waals surface area (Å²) < 4.78 is 0. The van der Waals surface area contributed by atoms with Crippen LogP contribution in [-0.2, 0) is 0 Å². The lowest BCUT2D eigenvalue weighted by molar-refractivity contribution is 0.882. The highest BCUT2D eigenvalue weighted by molar-refractivity contribution is 5.96. The molecular formula is C9H13N. The van der Waals surface area contributed by atoms with E-state index < -0.39 is 0 Å². The molecule has 0 aromatic carbocycles. The molecule has 0 saturated carbocycles. The van der Waals surface area contributed by atoms with Gasteiger partial charge in [0.25, 0.3) is 0 Å². The average molecular weight is 135 g/mol. The highest BCUT2D eigenvalue weighted by atomic mass is 14.7. The number of nitrogens with zero attached hydrogens (tertiary/aromatic N) is 1. The van der Waals surface area contributed by atoms with Gasteiger partial charge in [-0.1, -0.05) is 32.1 Å². The molecule has 0 radical (unpaired) electrons. The van der Waals surface area contributed by atoms with E-state index in [-0.39, 0.29) is 0 Å². The first-order chi connectivity index (χ1) is 4.80. The molecule has 54 valence electrons. The van der Waals surface area contributed by atoms with Crippen molar-refractivity contribution in [2.45, 2.75) is 13.8 Å². The average Bonchev–Trinajstić information content (AvgIpc) is 2.12. The van der Waals surface area contributed by atoms with Crippen molar-refractivity contribution in [2.75, 3.05) is 6.54 Å². The fraction of sp³-hybridized carbons (Fsp3) is 0.444. The van der Waals surface area contributed by atoms with Crippen molar-refractivity contribution < 1.29 is 0 Å². The summed E-state index contributed by atoms with van der Waals surface area (Å²) in [4.78, 5) is 4.37. The van der Waals surface area contributed by atoms with Gasteiger partial charge in [0.05, 0.1) is 6.54 Å². The van der Waals surface area contributed by atoms with Gasteiger partial charge in [0, 0.05) is 5.71 Å². The van der Waals surface area contributed by atoms with Crippen molar-refractivity contribution in [2.24, 2.45) is 10.9 Å². The summed E-state index contributed by atoms with van der Waals surface area (Å²) in [5.41, 5.74) is 1.20. The zero-order valence-corrected chi connectivity index (χ0v) is 6.54. The van der Waals surface area contributed by atoms with Crippen molar-refractivity contribution in [3.63, 3.8) is 0 Å². The molecular weight excluding hydrogens is 122 g/mol. The minimum atomic E-state index is 0.552. The lowest BCUT2D eigenvalue weighted by atomic mass is 10.1. The summed E-state index contributed by atoms with van der Waals surface area (Å²) in [5.74, 6) is 0.552. The Hall–Kier alpha value is -0.850. The second kappa shape index (κ2) is 3.35. The van der Waals surface area contributed by atoms with Crippen LogP contribution in [-0.4, -0.2) is 12.3 Å². The lowest BCUT2D eigenvalue weighted by Gasteiger charge is -2.01. The molecule has 1 nitrogen and oxygen atoms in total. The summed E-state index contributed by atoms with van der Waals surface area (Å²) in [6, 6.07) is 0. The normalized spacial score (nSPS) is 17.3. The van der Waals surface area contributed by atoms with Crippen LogP contribution < -0.4 is 0 Å². The van der Waals surface area contributed by atoms with Crippen LogP contribution in [0.3, 0.4) is 0 Å². The molecule has 0 aliphatic carbocycles. The Bertz CT molecular complexity index is 185. The van der Waals surface area contributed by atoms with Gasteiger partial charge in [0.15, 0.2) is 0 Å². The third-order valence-corrected chi connectivity index (χ3v) is 1.48. The quantitative estimate of drug-likeness (QED) is 0.522. The van der Waals surface area contributed by atoms with E-state index in [9.17, 15) is 0 Å². The van der Waals surface area contributed by atoms with Gasteiger partial charge < -0.3 is 0 Å². The number of aliphatic imine (C=N–C) groups is 1. The SMILES string of the molecule is CC(C)C1=NCC=CC=C1. The van der Waals surface area contributed by atoms with Crippen molar-refractivity contribution in [3.8, 4) is 0 Å². The van der Waals surface area contributed by atoms with E-state index in [4.69, 9.17) is 0 Å². The molecule has 1 heterocycles. The first-order valence-corrected chi connectivity index (χ1v) is 3.68. The van der Waals surface area contributed by atoms with Crippen LogP contribution >= 0.6 is 0 Å². The Balaban J connectivity index is 2.69. The minimum Gasteiger partial charge on any atom is -0.285 e. The van der Waals surface area contributed by atoms with Crippen LogP contribution in [0.1, 0.15) is 13.8 Å². The highest BCUT2D eigenvalue weighted by Crippen LogP contribution is 2.01. The van der Waals surface area contributed by atoms with Gasteiger partial charge in [-0.25, -0.2) is 0 Å². The van der Waals surface area contributed by atoms with Gasteiger partial charge in [0.2, 0.25) is 0 Å². The molecule has 0 spiro atoms. The van der Waals surface area contributed by atoms with Crippen molar-refractivity contribution >= 4 is 5.71 Å². The second-order valence-electron chi connectivity index (χ2n) is 2.71. The van der Waals surface area contributed by atoms with Crippen molar-refractivity contribution in [1.82, 2.24) is 0 Å². The maximum absolute atomic E-state index is 4.37. The lowest BCUT2D eigenvalue weighted by Crippen LogP contribution is -2.03. The molecule has 0 aromatic rings. The van der Waals surface area contributed by atoms with E-state index in [1.165, 1.54) is 5.71 Å². The summed E-state index contributed by atoms with van der Waals surface area (Å²) >= 11 is 0. The predicted molar refractivity (Wildman–Crippen MR) is 45.4 cm³/mol. The van der Waals surface area contributed by atoms with Crippen LogP contribution in [0.4, 0.5) is 0 Å². The largest absolute Gasteiger partial charge is 0.285 e. The van der Waals surface area contributed by atoms with Crippen LogP contribution in [0.25, 0.3) is 0 Å². The molecule has 0 atom stereocenters. The topological polar surface area (TPSA) is 12.4 Å². The summed E-state index contributed by atoms with van der Waals surface area (Å²) in [5, 5.41) is 0. The molecule has 0 bridgehead atoms. The third kappa shape index (κ3) is 1.83. The molecule has 1 aliphatic rings. The zero-order valence-electron chi connectivity index (χ0n) is 6.54. The van der Waals surface area contributed by atoms with Crippen LogP contribution in [0, 0.1) is 5.92 Å². The molecule has 0 N–H and O–H groups in total. The molecule has 0 saturated heterocycles. The van der Waals surface area contributed by atoms with Gasteiger partial charge in [-0.3, -0.25) is 4.99 Å². The Morgan fingerprint density at radius 3 is 2.90 bits per heavy atom. The Kier molecular flexibility index (Phi) is 2.43. The van der Waals surface area contributed by atoms with Gasteiger partial charge in [-0.05, 0) is 12.0 Å². The Morgan fingerprint density at radius 1 is 1.40 bits per heavy atom. The smallest absolute Gasteiger partial charge is 0.0576 e. The first-order valence-electron chi connectivity index (χ1n) is 3.68. The Morgan fingerprint density at radius 2 is 2.20 bits per heavy atom. The summed E-state index contributed by atoms with van der Waals surface area (Å²) in [7, 11) is 0. The van der Waals surface area contributed by atoms with Crippen LogP contribution in [0.15, 0.2) is 29.3 Å². The molecule has 10 heavy (non-hydrogen) atoms. The first kappa shape index (κ1) is 7.26. The molecule has 0 amide bonds. The van der Waals surface area contributed by atoms with Gasteiger partial charge in [-0.15, -0.1) is 0 Å². The summed E-state index contributed by atoms with van der Waals surface area (Å²) in [6.07, 6.45) is 8.23. The zero-order chi connectivity index (χ0) is 7.40. The maximum atomic E-state index is 4.37. The molecule has 0 aromatic heterocycles. The Labute approximate surface area is 62.2 Å². The highest BCUT2D eigenvalue weighted by Gasteiger charge is 1.99. The predicted octanol–water partition coefficient (Wildman–Crippen LogP) is 2.21. The van der Waals surface area contributed by atoms with Gasteiger partial charge in [0.1, 0.15) is 0 Å². The van der Waals surface area contributed by atoms with E-state index >= 15 is 0 Å². The summed E-state index contributed by atoms with van der Waals surface area (Å²) in [6.45, 7) is 5.16. The van der Waals surface area contributed by atoms with Crippen molar-refractivity contribution in [3.05, 3.63) is 24.3 Å². The standard InChI is InChI=1S/C9H13N/c1-8(2)9-6-4-3-5-7-10-9/h3-6,8H,7H2,1-2H3. The number of allylic oxidation sites excluding steroid dienone is 3. The van der Waals surface area contributed by atoms with E-state index in [2.05, 4.69) is 31.0 Å². The van der Waals surface area contributed by atoms with Crippen molar-refractivity contribution in [1.29, 1.82) is 0 Å². The van der Waals surface area contributed by atoms with E-state index in [0.717, 1.165) is 6.54 Å². The fourth-order valence-corrected chi connectivity index (χ4v) is 0.879. The number of hydrogen-bond donors (Lipinski definition) is 0. The third-order valence-electron chi connectivity index (χ3n) is 1.48. The number of hydrogen-bond acceptors (Lipinski definition) is 1. The monoisotopic (exact) mass is 135 g/mol. The maximum Gasteiger partial charge on any atom is 0.0576 e. The van der Waals surface area contributed by atoms with Crippen LogP contribution in [0.2, 0.25) is 0 Å². The van der Waals surface area contributed by atoms with E-state index in [0.29, 0.717) is 5.92 Å². The van der Waals surface area contributed by atoms with Gasteiger partial charge in [-0.2, -0.15) is 0 Å². The minimum absolute atomic E-state index is 0.552. The van der Waals surface area contributed by atoms with Gasteiger partial charge >= 0.3 is 0 Å². The molecule has 1 rings (SSSR count).